The maximum atomic E-state index is 12.3. The van der Waals surface area contributed by atoms with Crippen molar-refractivity contribution >= 4 is 34.7 Å². The van der Waals surface area contributed by atoms with Crippen molar-refractivity contribution in [2.75, 3.05) is 38.0 Å². The van der Waals surface area contributed by atoms with Crippen molar-refractivity contribution in [1.82, 2.24) is 24.4 Å². The van der Waals surface area contributed by atoms with Gasteiger partial charge in [0.25, 0.3) is 5.91 Å². The van der Waals surface area contributed by atoms with Crippen LogP contribution < -0.4 is 5.32 Å². The van der Waals surface area contributed by atoms with Crippen LogP contribution in [0.4, 0.5) is 5.82 Å². The van der Waals surface area contributed by atoms with E-state index >= 15 is 0 Å². The number of carbonyl (C=O) groups is 1. The molecule has 11 heteroatoms. The first kappa shape index (κ1) is 20.7. The molecule has 0 unspecified atom stereocenters. The van der Waals surface area contributed by atoms with Crippen LogP contribution in [-0.2, 0) is 9.53 Å². The molecular formula is C17H24N6O4S. The third-order valence-corrected chi connectivity index (χ3v) is 5.02. The van der Waals surface area contributed by atoms with Crippen molar-refractivity contribution in [2.24, 2.45) is 0 Å². The number of likely N-dealkylation sites (N-methyl/N-ethyl adjacent to an activating group) is 1. The number of rotatable bonds is 7. The van der Waals surface area contributed by atoms with Crippen LogP contribution >= 0.6 is 11.8 Å². The Morgan fingerprint density at radius 3 is 2.79 bits per heavy atom. The van der Waals surface area contributed by atoms with E-state index in [4.69, 9.17) is 4.74 Å². The number of nitrogens with zero attached hydrogens (tertiary/aromatic N) is 5. The van der Waals surface area contributed by atoms with Crippen LogP contribution in [-0.4, -0.2) is 91.5 Å². The SMILES string of the molecule is C=C(CN(C)C)C(=O)Nc1ncnc2c1ncn2[C@@H]1O[C@H](CSC)[C@@H](O)[C@H]1O. The van der Waals surface area contributed by atoms with Crippen molar-refractivity contribution in [3.8, 4) is 0 Å². The minimum atomic E-state index is -1.12. The predicted molar refractivity (Wildman–Crippen MR) is 106 cm³/mol. The Morgan fingerprint density at radius 1 is 1.36 bits per heavy atom. The molecule has 1 saturated heterocycles. The largest absolute Gasteiger partial charge is 0.387 e. The Bertz CT molecular complexity index is 872. The predicted octanol–water partition coefficient (Wildman–Crippen LogP) is -0.135. The van der Waals surface area contributed by atoms with Gasteiger partial charge in [0.1, 0.15) is 18.5 Å². The van der Waals surface area contributed by atoms with Crippen molar-refractivity contribution in [1.29, 1.82) is 0 Å². The molecule has 3 heterocycles. The van der Waals surface area contributed by atoms with Gasteiger partial charge >= 0.3 is 0 Å². The highest BCUT2D eigenvalue weighted by molar-refractivity contribution is 7.98. The fraction of sp³-hybridized carbons (Fsp3) is 0.529. The minimum absolute atomic E-state index is 0.238. The summed E-state index contributed by atoms with van der Waals surface area (Å²) in [5.41, 5.74) is 1.12. The standard InChI is InChI=1S/C17H24N6O4S/c1-9(5-22(2)3)16(26)21-14-11-15(19-7-18-14)23(8-20-11)17-13(25)12(24)10(27-17)6-28-4/h7-8,10,12-13,17,24-25H,1,5-6H2,2-4H3,(H,18,19,21,26)/t10-,12-,13-,17-/m1/s1. The molecule has 0 bridgehead atoms. The minimum Gasteiger partial charge on any atom is -0.387 e. The number of imidazole rings is 1. The number of aliphatic hydroxyl groups is 2. The summed E-state index contributed by atoms with van der Waals surface area (Å²) in [7, 11) is 3.68. The van der Waals surface area contributed by atoms with E-state index in [-0.39, 0.29) is 11.7 Å². The average molecular weight is 408 g/mol. The number of carbonyl (C=O) groups excluding carboxylic acids is 1. The molecule has 1 aliphatic rings. The molecule has 0 radical (unpaired) electrons. The van der Waals surface area contributed by atoms with Gasteiger partial charge in [-0.2, -0.15) is 11.8 Å². The lowest BCUT2D eigenvalue weighted by atomic mass is 10.1. The van der Waals surface area contributed by atoms with Crippen LogP contribution in [0.3, 0.4) is 0 Å². The lowest BCUT2D eigenvalue weighted by Crippen LogP contribution is -2.32. The Labute approximate surface area is 166 Å². The number of nitrogens with one attached hydrogen (secondary N) is 1. The Morgan fingerprint density at radius 2 is 2.11 bits per heavy atom. The molecule has 28 heavy (non-hydrogen) atoms. The average Bonchev–Trinajstić information content (AvgIpc) is 3.18. The molecule has 3 N–H and O–H groups in total. The van der Waals surface area contributed by atoms with E-state index < -0.39 is 24.5 Å². The highest BCUT2D eigenvalue weighted by Crippen LogP contribution is 2.33. The lowest BCUT2D eigenvalue weighted by Gasteiger charge is -2.16. The second-order valence-corrected chi connectivity index (χ2v) is 7.75. The van der Waals surface area contributed by atoms with Gasteiger partial charge in [-0.3, -0.25) is 9.36 Å². The van der Waals surface area contributed by atoms with Crippen molar-refractivity contribution in [2.45, 2.75) is 24.5 Å². The molecule has 2 aromatic rings. The maximum Gasteiger partial charge on any atom is 0.253 e. The van der Waals surface area contributed by atoms with Gasteiger partial charge in [0.15, 0.2) is 23.2 Å². The van der Waals surface area contributed by atoms with Gasteiger partial charge in [0.05, 0.1) is 12.4 Å². The Kier molecular flexibility index (Phi) is 6.30. The molecule has 152 valence electrons. The van der Waals surface area contributed by atoms with Gasteiger partial charge in [-0.25, -0.2) is 15.0 Å². The zero-order chi connectivity index (χ0) is 20.4. The van der Waals surface area contributed by atoms with Gasteiger partial charge in [-0.05, 0) is 20.4 Å². The number of aliphatic hydroxyl groups excluding tert-OH is 2. The molecule has 1 aliphatic heterocycles. The molecular weight excluding hydrogens is 384 g/mol. The van der Waals surface area contributed by atoms with Gasteiger partial charge < -0.3 is 25.2 Å². The molecule has 3 rings (SSSR count). The third kappa shape index (κ3) is 4.03. The highest BCUT2D eigenvalue weighted by atomic mass is 32.2. The number of fused-ring (bicyclic) bond motifs is 1. The normalized spacial score (nSPS) is 24.8. The smallest absolute Gasteiger partial charge is 0.253 e. The third-order valence-electron chi connectivity index (χ3n) is 4.36. The van der Waals surface area contributed by atoms with Crippen molar-refractivity contribution < 1.29 is 19.7 Å². The zero-order valence-electron chi connectivity index (χ0n) is 15.9. The fourth-order valence-corrected chi connectivity index (χ4v) is 3.64. The van der Waals surface area contributed by atoms with Gasteiger partial charge in [0.2, 0.25) is 0 Å². The van der Waals surface area contributed by atoms with E-state index in [1.165, 1.54) is 29.0 Å². The fourth-order valence-electron chi connectivity index (χ4n) is 3.04. The number of amides is 1. The summed E-state index contributed by atoms with van der Waals surface area (Å²) in [6.45, 7) is 4.19. The van der Waals surface area contributed by atoms with Gasteiger partial charge in [-0.15, -0.1) is 0 Å². The maximum absolute atomic E-state index is 12.3. The van der Waals surface area contributed by atoms with E-state index in [0.29, 0.717) is 29.0 Å². The zero-order valence-corrected chi connectivity index (χ0v) is 16.8. The van der Waals surface area contributed by atoms with E-state index in [0.717, 1.165) is 0 Å². The van der Waals surface area contributed by atoms with E-state index in [1.807, 2.05) is 25.3 Å². The summed E-state index contributed by atoms with van der Waals surface area (Å²) < 4.78 is 7.35. The summed E-state index contributed by atoms with van der Waals surface area (Å²) >= 11 is 1.52. The number of hydrogen-bond acceptors (Lipinski definition) is 9. The Balaban J connectivity index is 1.85. The van der Waals surface area contributed by atoms with Gasteiger partial charge in [0, 0.05) is 17.9 Å². The topological polar surface area (TPSA) is 126 Å². The molecule has 0 aliphatic carbocycles. The second kappa shape index (κ2) is 8.53. The van der Waals surface area contributed by atoms with Crippen LogP contribution in [0.1, 0.15) is 6.23 Å². The quantitative estimate of drug-likeness (QED) is 0.537. The van der Waals surface area contributed by atoms with Crippen LogP contribution in [0, 0.1) is 0 Å². The first-order valence-electron chi connectivity index (χ1n) is 8.65. The number of hydrogen-bond donors (Lipinski definition) is 3. The summed E-state index contributed by atoms with van der Waals surface area (Å²) in [4.78, 5) is 26.7. The van der Waals surface area contributed by atoms with Gasteiger partial charge in [-0.1, -0.05) is 6.58 Å². The Hall–Kier alpha value is -2.05. The van der Waals surface area contributed by atoms with Crippen LogP contribution in [0.15, 0.2) is 24.8 Å². The summed E-state index contributed by atoms with van der Waals surface area (Å²) in [6.07, 6.45) is 1.18. The summed E-state index contributed by atoms with van der Waals surface area (Å²) in [5.74, 6) is 0.421. The number of anilines is 1. The monoisotopic (exact) mass is 408 g/mol. The van der Waals surface area contributed by atoms with Crippen LogP contribution in [0.2, 0.25) is 0 Å². The van der Waals surface area contributed by atoms with Crippen molar-refractivity contribution in [3.05, 3.63) is 24.8 Å². The molecule has 4 atom stereocenters. The summed E-state index contributed by atoms with van der Waals surface area (Å²) in [5, 5.41) is 23.3. The number of thioether (sulfide) groups is 1. The lowest BCUT2D eigenvalue weighted by molar-refractivity contribution is -0.113. The first-order chi connectivity index (χ1) is 13.3. The van der Waals surface area contributed by atoms with Crippen LogP contribution in [0.5, 0.6) is 0 Å². The molecule has 0 aromatic carbocycles. The molecule has 2 aromatic heterocycles. The van der Waals surface area contributed by atoms with Crippen LogP contribution in [0.25, 0.3) is 11.2 Å². The van der Waals surface area contributed by atoms with E-state index in [2.05, 4.69) is 26.8 Å². The number of ether oxygens (including phenoxy) is 1. The highest BCUT2D eigenvalue weighted by Gasteiger charge is 2.44. The van der Waals surface area contributed by atoms with E-state index in [9.17, 15) is 15.0 Å². The molecule has 10 nitrogen and oxygen atoms in total. The van der Waals surface area contributed by atoms with E-state index in [1.54, 1.807) is 0 Å². The number of aromatic nitrogens is 4. The second-order valence-electron chi connectivity index (χ2n) is 6.84. The molecule has 0 spiro atoms. The molecule has 1 fully saturated rings. The molecule has 1 amide bonds. The molecule has 0 saturated carbocycles. The first-order valence-corrected chi connectivity index (χ1v) is 10.0. The summed E-state index contributed by atoms with van der Waals surface area (Å²) in [6, 6.07) is 0. The van der Waals surface area contributed by atoms with Crippen molar-refractivity contribution in [3.63, 3.8) is 0 Å².